The van der Waals surface area contributed by atoms with Crippen LogP contribution in [0.1, 0.15) is 40.0 Å². The Kier molecular flexibility index (Phi) is 3.57. The first kappa shape index (κ1) is 13.0. The third-order valence-electron chi connectivity index (χ3n) is 3.08. The van der Waals surface area contributed by atoms with E-state index >= 15 is 0 Å². The van der Waals surface area contributed by atoms with Crippen molar-refractivity contribution >= 4 is 11.9 Å². The second-order valence-electron chi connectivity index (χ2n) is 5.10. The van der Waals surface area contributed by atoms with Crippen molar-refractivity contribution in [1.29, 1.82) is 0 Å². The summed E-state index contributed by atoms with van der Waals surface area (Å²) >= 11 is 0. The zero-order chi connectivity index (χ0) is 12.4. The van der Waals surface area contributed by atoms with E-state index < -0.39 is 17.0 Å². The Bertz CT molecular complexity index is 294. The summed E-state index contributed by atoms with van der Waals surface area (Å²) in [6.07, 6.45) is 2.80. The van der Waals surface area contributed by atoms with Crippen LogP contribution >= 0.6 is 0 Å². The standard InChI is InChI=1S/C11H20N2O3/c1-10(2,9(15)16)13-8(14)11(3)6-4-5-7-12-11/h12H,4-7H2,1-3H3,(H,13,14)(H,15,16). The van der Waals surface area contributed by atoms with Crippen LogP contribution in [-0.2, 0) is 9.59 Å². The first-order valence-corrected chi connectivity index (χ1v) is 5.59. The fourth-order valence-corrected chi connectivity index (χ4v) is 1.73. The van der Waals surface area contributed by atoms with Gasteiger partial charge in [-0.3, -0.25) is 4.79 Å². The van der Waals surface area contributed by atoms with Gasteiger partial charge in [0, 0.05) is 0 Å². The van der Waals surface area contributed by atoms with Crippen LogP contribution in [0.4, 0.5) is 0 Å². The Labute approximate surface area is 95.6 Å². The number of carbonyl (C=O) groups is 2. The zero-order valence-corrected chi connectivity index (χ0v) is 10.1. The fraction of sp³-hybridized carbons (Fsp3) is 0.818. The summed E-state index contributed by atoms with van der Waals surface area (Å²) in [7, 11) is 0. The minimum atomic E-state index is -1.22. The van der Waals surface area contributed by atoms with Crippen molar-refractivity contribution in [1.82, 2.24) is 10.6 Å². The van der Waals surface area contributed by atoms with Gasteiger partial charge in [-0.2, -0.15) is 0 Å². The molecular formula is C11H20N2O3. The predicted octanol–water partition coefficient (Wildman–Crippen LogP) is 0.498. The third-order valence-corrected chi connectivity index (χ3v) is 3.08. The van der Waals surface area contributed by atoms with Crippen molar-refractivity contribution < 1.29 is 14.7 Å². The number of amides is 1. The maximum atomic E-state index is 12.0. The topological polar surface area (TPSA) is 78.4 Å². The van der Waals surface area contributed by atoms with E-state index in [0.29, 0.717) is 0 Å². The molecule has 0 aliphatic carbocycles. The van der Waals surface area contributed by atoms with Crippen molar-refractivity contribution in [2.75, 3.05) is 6.54 Å². The van der Waals surface area contributed by atoms with Gasteiger partial charge in [-0.15, -0.1) is 0 Å². The van der Waals surface area contributed by atoms with E-state index in [-0.39, 0.29) is 5.91 Å². The van der Waals surface area contributed by atoms with Crippen molar-refractivity contribution in [3.63, 3.8) is 0 Å². The molecule has 0 bridgehead atoms. The first-order valence-electron chi connectivity index (χ1n) is 5.59. The van der Waals surface area contributed by atoms with Crippen LogP contribution in [0.25, 0.3) is 0 Å². The molecule has 1 aliphatic heterocycles. The summed E-state index contributed by atoms with van der Waals surface area (Å²) in [6.45, 7) is 5.59. The highest BCUT2D eigenvalue weighted by Gasteiger charge is 2.39. The molecule has 0 aromatic carbocycles. The minimum Gasteiger partial charge on any atom is -0.480 e. The number of piperidine rings is 1. The van der Waals surface area contributed by atoms with Gasteiger partial charge < -0.3 is 15.7 Å². The van der Waals surface area contributed by atoms with Crippen molar-refractivity contribution in [2.24, 2.45) is 0 Å². The Morgan fingerprint density at radius 1 is 1.38 bits per heavy atom. The van der Waals surface area contributed by atoms with Gasteiger partial charge in [-0.1, -0.05) is 0 Å². The van der Waals surface area contributed by atoms with Gasteiger partial charge in [-0.25, -0.2) is 4.79 Å². The lowest BCUT2D eigenvalue weighted by atomic mass is 9.89. The van der Waals surface area contributed by atoms with Gasteiger partial charge in [-0.05, 0) is 46.6 Å². The lowest BCUT2D eigenvalue weighted by Gasteiger charge is -2.35. The number of carboxylic acids is 1. The molecule has 1 heterocycles. The van der Waals surface area contributed by atoms with Gasteiger partial charge in [0.1, 0.15) is 5.54 Å². The molecule has 1 saturated heterocycles. The molecule has 3 N–H and O–H groups in total. The van der Waals surface area contributed by atoms with Crippen LogP contribution in [0.3, 0.4) is 0 Å². The molecule has 1 amide bonds. The van der Waals surface area contributed by atoms with Gasteiger partial charge in [0.05, 0.1) is 5.54 Å². The molecule has 1 rings (SSSR count). The SMILES string of the molecule is CC(C)(NC(=O)C1(C)CCCCN1)C(=O)O. The highest BCUT2D eigenvalue weighted by atomic mass is 16.4. The largest absolute Gasteiger partial charge is 0.480 e. The molecule has 1 atom stereocenters. The molecule has 0 aromatic heterocycles. The van der Waals surface area contributed by atoms with Gasteiger partial charge in [0.2, 0.25) is 5.91 Å². The smallest absolute Gasteiger partial charge is 0.328 e. The predicted molar refractivity (Wildman–Crippen MR) is 60.1 cm³/mol. The van der Waals surface area contributed by atoms with E-state index in [9.17, 15) is 9.59 Å². The van der Waals surface area contributed by atoms with Crippen molar-refractivity contribution in [3.8, 4) is 0 Å². The maximum absolute atomic E-state index is 12.0. The summed E-state index contributed by atoms with van der Waals surface area (Å²) in [6, 6.07) is 0. The number of aliphatic carboxylic acids is 1. The quantitative estimate of drug-likeness (QED) is 0.657. The van der Waals surface area contributed by atoms with Crippen LogP contribution in [-0.4, -0.2) is 34.6 Å². The molecule has 1 fully saturated rings. The molecule has 5 nitrogen and oxygen atoms in total. The van der Waals surface area contributed by atoms with Crippen LogP contribution in [0.2, 0.25) is 0 Å². The summed E-state index contributed by atoms with van der Waals surface area (Å²) in [5.41, 5.74) is -1.86. The third kappa shape index (κ3) is 2.72. The number of hydrogen-bond donors (Lipinski definition) is 3. The van der Waals surface area contributed by atoms with E-state index in [1.54, 1.807) is 0 Å². The molecule has 1 unspecified atom stereocenters. The van der Waals surface area contributed by atoms with Crippen LogP contribution in [0, 0.1) is 0 Å². The molecule has 0 radical (unpaired) electrons. The lowest BCUT2D eigenvalue weighted by molar-refractivity contribution is -0.147. The monoisotopic (exact) mass is 228 g/mol. The van der Waals surface area contributed by atoms with Crippen LogP contribution < -0.4 is 10.6 Å². The minimum absolute atomic E-state index is 0.236. The summed E-state index contributed by atoms with van der Waals surface area (Å²) in [5.74, 6) is -1.26. The van der Waals surface area contributed by atoms with Crippen molar-refractivity contribution in [3.05, 3.63) is 0 Å². The van der Waals surface area contributed by atoms with Crippen molar-refractivity contribution in [2.45, 2.75) is 51.1 Å². The van der Waals surface area contributed by atoms with E-state index in [1.807, 2.05) is 6.92 Å². The number of rotatable bonds is 3. The van der Waals surface area contributed by atoms with E-state index in [2.05, 4.69) is 10.6 Å². The highest BCUT2D eigenvalue weighted by molar-refractivity contribution is 5.91. The highest BCUT2D eigenvalue weighted by Crippen LogP contribution is 2.19. The number of carboxylic acid groups (broad SMARTS) is 1. The second-order valence-corrected chi connectivity index (χ2v) is 5.10. The van der Waals surface area contributed by atoms with Gasteiger partial charge in [0.15, 0.2) is 0 Å². The Morgan fingerprint density at radius 3 is 2.44 bits per heavy atom. The molecule has 0 spiro atoms. The summed E-state index contributed by atoms with van der Waals surface area (Å²) in [5, 5.41) is 14.7. The molecule has 5 heteroatoms. The van der Waals surface area contributed by atoms with Crippen LogP contribution in [0.15, 0.2) is 0 Å². The molecule has 16 heavy (non-hydrogen) atoms. The molecule has 0 saturated carbocycles. The van der Waals surface area contributed by atoms with Gasteiger partial charge >= 0.3 is 5.97 Å². The Morgan fingerprint density at radius 2 is 2.00 bits per heavy atom. The molecular weight excluding hydrogens is 208 g/mol. The average Bonchev–Trinajstić information content (AvgIpc) is 2.18. The maximum Gasteiger partial charge on any atom is 0.328 e. The number of nitrogens with one attached hydrogen (secondary N) is 2. The Hall–Kier alpha value is -1.10. The number of hydrogen-bond acceptors (Lipinski definition) is 3. The summed E-state index contributed by atoms with van der Waals surface area (Å²) < 4.78 is 0. The second kappa shape index (κ2) is 4.41. The van der Waals surface area contributed by atoms with Crippen LogP contribution in [0.5, 0.6) is 0 Å². The summed E-state index contributed by atoms with van der Waals surface area (Å²) in [4.78, 5) is 22.9. The van der Waals surface area contributed by atoms with E-state index in [0.717, 1.165) is 25.8 Å². The molecule has 1 aliphatic rings. The number of carbonyl (C=O) groups excluding carboxylic acids is 1. The van der Waals surface area contributed by atoms with E-state index in [1.165, 1.54) is 13.8 Å². The molecule has 92 valence electrons. The first-order chi connectivity index (χ1) is 7.28. The average molecular weight is 228 g/mol. The normalized spacial score (nSPS) is 26.2. The molecule has 0 aromatic rings. The zero-order valence-electron chi connectivity index (χ0n) is 10.1. The van der Waals surface area contributed by atoms with E-state index in [4.69, 9.17) is 5.11 Å². The Balaban J connectivity index is 2.67. The fourth-order valence-electron chi connectivity index (χ4n) is 1.73. The lowest BCUT2D eigenvalue weighted by Crippen LogP contribution is -2.62. The van der Waals surface area contributed by atoms with Gasteiger partial charge in [0.25, 0.3) is 0 Å².